The summed E-state index contributed by atoms with van der Waals surface area (Å²) < 4.78 is 7.31. The van der Waals surface area contributed by atoms with Crippen molar-refractivity contribution in [2.75, 3.05) is 12.4 Å². The van der Waals surface area contributed by atoms with Gasteiger partial charge in [-0.2, -0.15) is 0 Å². The SMILES string of the molecule is CNc1ncnc2c1c(-c1cccc(O)c1)cn2CCC(=O)OC(C)(C)C. The molecule has 0 aliphatic carbocycles. The van der Waals surface area contributed by atoms with E-state index in [4.69, 9.17) is 4.74 Å². The van der Waals surface area contributed by atoms with Crippen LogP contribution in [0.3, 0.4) is 0 Å². The van der Waals surface area contributed by atoms with Gasteiger partial charge in [-0.1, -0.05) is 12.1 Å². The second kappa shape index (κ2) is 7.26. The maximum atomic E-state index is 12.1. The van der Waals surface area contributed by atoms with Crippen LogP contribution in [0.4, 0.5) is 5.82 Å². The molecule has 1 aromatic carbocycles. The van der Waals surface area contributed by atoms with Crippen molar-refractivity contribution >= 4 is 22.8 Å². The van der Waals surface area contributed by atoms with Crippen molar-refractivity contribution in [2.24, 2.45) is 0 Å². The molecule has 7 nitrogen and oxygen atoms in total. The Hall–Kier alpha value is -3.09. The van der Waals surface area contributed by atoms with E-state index in [1.165, 1.54) is 6.33 Å². The number of hydrogen-bond donors (Lipinski definition) is 2. The maximum absolute atomic E-state index is 12.1. The van der Waals surface area contributed by atoms with Gasteiger partial charge in [-0.3, -0.25) is 4.79 Å². The first-order chi connectivity index (χ1) is 12.8. The van der Waals surface area contributed by atoms with Crippen LogP contribution in [0.2, 0.25) is 0 Å². The van der Waals surface area contributed by atoms with E-state index in [0.29, 0.717) is 12.4 Å². The molecule has 0 radical (unpaired) electrons. The zero-order valence-corrected chi connectivity index (χ0v) is 16.0. The predicted octanol–water partition coefficient (Wildman–Crippen LogP) is 3.58. The molecule has 142 valence electrons. The number of esters is 1. The lowest BCUT2D eigenvalue weighted by Crippen LogP contribution is -2.24. The normalized spacial score (nSPS) is 11.6. The summed E-state index contributed by atoms with van der Waals surface area (Å²) in [6.07, 6.45) is 3.66. The smallest absolute Gasteiger partial charge is 0.308 e. The Labute approximate surface area is 158 Å². The van der Waals surface area contributed by atoms with Crippen molar-refractivity contribution in [1.29, 1.82) is 0 Å². The third-order valence-electron chi connectivity index (χ3n) is 4.02. The average molecular weight is 368 g/mol. The standard InChI is InChI=1S/C20H24N4O3/c1-20(2,3)27-16(26)8-9-24-11-15(13-6-5-7-14(25)10-13)17-18(21-4)22-12-23-19(17)24/h5-7,10-12,25H,8-9H2,1-4H3,(H,21,22,23). The van der Waals surface area contributed by atoms with Gasteiger partial charge >= 0.3 is 5.97 Å². The number of hydrogen-bond acceptors (Lipinski definition) is 6. The molecule has 3 rings (SSSR count). The van der Waals surface area contributed by atoms with Gasteiger partial charge in [0.2, 0.25) is 0 Å². The first kappa shape index (κ1) is 18.7. The molecule has 0 aliphatic heterocycles. The zero-order valence-electron chi connectivity index (χ0n) is 16.0. The predicted molar refractivity (Wildman–Crippen MR) is 105 cm³/mol. The summed E-state index contributed by atoms with van der Waals surface area (Å²) in [6.45, 7) is 5.98. The van der Waals surface area contributed by atoms with Gasteiger partial charge in [0, 0.05) is 25.4 Å². The molecule has 2 aromatic heterocycles. The average Bonchev–Trinajstić information content (AvgIpc) is 2.97. The fourth-order valence-corrected chi connectivity index (χ4v) is 2.98. The molecule has 0 amide bonds. The highest BCUT2D eigenvalue weighted by Crippen LogP contribution is 2.34. The van der Waals surface area contributed by atoms with E-state index in [1.54, 1.807) is 25.2 Å². The monoisotopic (exact) mass is 368 g/mol. The van der Waals surface area contributed by atoms with E-state index >= 15 is 0 Å². The number of aryl methyl sites for hydroxylation is 1. The molecule has 0 spiro atoms. The van der Waals surface area contributed by atoms with E-state index in [1.807, 2.05) is 37.6 Å². The summed E-state index contributed by atoms with van der Waals surface area (Å²) in [5.41, 5.74) is 1.94. The van der Waals surface area contributed by atoms with Crippen molar-refractivity contribution in [3.63, 3.8) is 0 Å². The number of benzene rings is 1. The van der Waals surface area contributed by atoms with Gasteiger partial charge in [0.05, 0.1) is 11.8 Å². The molecule has 0 aliphatic rings. The van der Waals surface area contributed by atoms with Gasteiger partial charge in [0.15, 0.2) is 0 Å². The number of ether oxygens (including phenoxy) is 1. The Bertz CT molecular complexity index is 973. The third-order valence-corrected chi connectivity index (χ3v) is 4.02. The fourth-order valence-electron chi connectivity index (χ4n) is 2.98. The molecular formula is C20H24N4O3. The Morgan fingerprint density at radius 2 is 2.07 bits per heavy atom. The highest BCUT2D eigenvalue weighted by Gasteiger charge is 2.19. The van der Waals surface area contributed by atoms with Crippen molar-refractivity contribution < 1.29 is 14.6 Å². The van der Waals surface area contributed by atoms with Gasteiger partial charge in [0.1, 0.15) is 29.1 Å². The molecule has 2 heterocycles. The molecule has 0 bridgehead atoms. The third kappa shape index (κ3) is 4.19. The molecule has 0 fully saturated rings. The van der Waals surface area contributed by atoms with Gasteiger partial charge < -0.3 is 19.7 Å². The topological polar surface area (TPSA) is 89.3 Å². The van der Waals surface area contributed by atoms with E-state index in [0.717, 1.165) is 22.2 Å². The Morgan fingerprint density at radius 3 is 2.74 bits per heavy atom. The highest BCUT2D eigenvalue weighted by molar-refractivity contribution is 6.01. The number of phenols is 1. The summed E-state index contributed by atoms with van der Waals surface area (Å²) in [5, 5.41) is 13.8. The lowest BCUT2D eigenvalue weighted by molar-refractivity contribution is -0.155. The van der Waals surface area contributed by atoms with E-state index in [9.17, 15) is 9.90 Å². The number of fused-ring (bicyclic) bond motifs is 1. The second-order valence-corrected chi connectivity index (χ2v) is 7.29. The van der Waals surface area contributed by atoms with Crippen LogP contribution in [0, 0.1) is 0 Å². The number of aromatic nitrogens is 3. The Kier molecular flexibility index (Phi) is 5.03. The van der Waals surface area contributed by atoms with Crippen LogP contribution in [-0.2, 0) is 16.1 Å². The number of carbonyl (C=O) groups excluding carboxylic acids is 1. The van der Waals surface area contributed by atoms with Crippen molar-refractivity contribution in [1.82, 2.24) is 14.5 Å². The van der Waals surface area contributed by atoms with Gasteiger partial charge in [-0.25, -0.2) is 9.97 Å². The number of anilines is 1. The summed E-state index contributed by atoms with van der Waals surface area (Å²) in [7, 11) is 1.80. The van der Waals surface area contributed by atoms with Crippen LogP contribution in [0.25, 0.3) is 22.2 Å². The Morgan fingerprint density at radius 1 is 1.30 bits per heavy atom. The number of carbonyl (C=O) groups is 1. The van der Waals surface area contributed by atoms with Gasteiger partial charge in [-0.05, 0) is 38.5 Å². The second-order valence-electron chi connectivity index (χ2n) is 7.29. The molecule has 0 saturated carbocycles. The number of rotatable bonds is 5. The zero-order chi connectivity index (χ0) is 19.6. The van der Waals surface area contributed by atoms with Gasteiger partial charge in [-0.15, -0.1) is 0 Å². The molecule has 0 saturated heterocycles. The maximum Gasteiger partial charge on any atom is 0.308 e. The summed E-state index contributed by atoms with van der Waals surface area (Å²) in [6, 6.07) is 7.02. The van der Waals surface area contributed by atoms with Crippen molar-refractivity contribution in [3.8, 4) is 16.9 Å². The van der Waals surface area contributed by atoms with Crippen LogP contribution in [0.5, 0.6) is 5.75 Å². The van der Waals surface area contributed by atoms with Crippen LogP contribution >= 0.6 is 0 Å². The minimum absolute atomic E-state index is 0.185. The van der Waals surface area contributed by atoms with Crippen LogP contribution in [0.15, 0.2) is 36.8 Å². The summed E-state index contributed by atoms with van der Waals surface area (Å²) in [4.78, 5) is 20.8. The number of nitrogens with one attached hydrogen (secondary N) is 1. The number of nitrogens with zero attached hydrogens (tertiary/aromatic N) is 3. The minimum Gasteiger partial charge on any atom is -0.508 e. The fraction of sp³-hybridized carbons (Fsp3) is 0.350. The van der Waals surface area contributed by atoms with E-state index in [2.05, 4.69) is 15.3 Å². The lowest BCUT2D eigenvalue weighted by Gasteiger charge is -2.19. The number of aromatic hydroxyl groups is 1. The van der Waals surface area contributed by atoms with Crippen LogP contribution < -0.4 is 5.32 Å². The van der Waals surface area contributed by atoms with Gasteiger partial charge in [0.25, 0.3) is 0 Å². The summed E-state index contributed by atoms with van der Waals surface area (Å²) >= 11 is 0. The molecule has 2 N–H and O–H groups in total. The number of phenolic OH excluding ortho intramolecular Hbond substituents is 1. The molecule has 3 aromatic rings. The van der Waals surface area contributed by atoms with Crippen molar-refractivity contribution in [2.45, 2.75) is 39.3 Å². The lowest BCUT2D eigenvalue weighted by atomic mass is 10.1. The van der Waals surface area contributed by atoms with E-state index < -0.39 is 5.60 Å². The largest absolute Gasteiger partial charge is 0.508 e. The first-order valence-electron chi connectivity index (χ1n) is 8.81. The molecule has 7 heteroatoms. The first-order valence-corrected chi connectivity index (χ1v) is 8.81. The minimum atomic E-state index is -0.510. The molecular weight excluding hydrogens is 344 g/mol. The van der Waals surface area contributed by atoms with Crippen molar-refractivity contribution in [3.05, 3.63) is 36.8 Å². The van der Waals surface area contributed by atoms with Crippen LogP contribution in [0.1, 0.15) is 27.2 Å². The van der Waals surface area contributed by atoms with E-state index in [-0.39, 0.29) is 18.1 Å². The molecule has 0 unspecified atom stereocenters. The molecule has 0 atom stereocenters. The Balaban J connectivity index is 2.01. The van der Waals surface area contributed by atoms with Crippen LogP contribution in [-0.4, -0.2) is 38.3 Å². The highest BCUT2D eigenvalue weighted by atomic mass is 16.6. The quantitative estimate of drug-likeness (QED) is 0.669. The molecule has 27 heavy (non-hydrogen) atoms. The summed E-state index contributed by atoms with van der Waals surface area (Å²) in [5.74, 6) is 0.616.